The first kappa shape index (κ1) is 11.3. The van der Waals surface area contributed by atoms with Crippen LogP contribution in [0.3, 0.4) is 0 Å². The summed E-state index contributed by atoms with van der Waals surface area (Å²) in [4.78, 5) is 3.76. The van der Waals surface area contributed by atoms with Gasteiger partial charge in [-0.3, -0.25) is 4.98 Å². The SMILES string of the molecule is Fc1cncc(COc2ccccc2I)c1. The van der Waals surface area contributed by atoms with Gasteiger partial charge >= 0.3 is 0 Å². The summed E-state index contributed by atoms with van der Waals surface area (Å²) in [6.45, 7) is 0.324. The molecule has 0 saturated carbocycles. The Hall–Kier alpha value is -1.17. The molecule has 1 aromatic heterocycles. The van der Waals surface area contributed by atoms with Gasteiger partial charge in [0.25, 0.3) is 0 Å². The maximum Gasteiger partial charge on any atom is 0.141 e. The van der Waals surface area contributed by atoms with Gasteiger partial charge in [-0.15, -0.1) is 0 Å². The molecule has 0 unspecified atom stereocenters. The summed E-state index contributed by atoms with van der Waals surface area (Å²) in [5.41, 5.74) is 0.722. The molecule has 0 fully saturated rings. The summed E-state index contributed by atoms with van der Waals surface area (Å²) in [7, 11) is 0. The molecule has 0 aliphatic carbocycles. The van der Waals surface area contributed by atoms with Gasteiger partial charge < -0.3 is 4.74 Å². The standard InChI is InChI=1S/C12H9FINO/c13-10-5-9(6-15-7-10)8-16-12-4-2-1-3-11(12)14/h1-7H,8H2. The van der Waals surface area contributed by atoms with Crippen molar-refractivity contribution in [2.45, 2.75) is 6.61 Å². The van der Waals surface area contributed by atoms with Crippen molar-refractivity contribution in [3.05, 3.63) is 57.7 Å². The monoisotopic (exact) mass is 329 g/mol. The minimum Gasteiger partial charge on any atom is -0.488 e. The summed E-state index contributed by atoms with van der Waals surface area (Å²) in [6, 6.07) is 9.11. The molecule has 0 N–H and O–H groups in total. The Balaban J connectivity index is 2.05. The first-order valence-corrected chi connectivity index (χ1v) is 5.80. The van der Waals surface area contributed by atoms with E-state index in [9.17, 15) is 4.39 Å². The third kappa shape index (κ3) is 2.91. The Morgan fingerprint density at radius 1 is 1.25 bits per heavy atom. The van der Waals surface area contributed by atoms with Gasteiger partial charge in [0.05, 0.1) is 9.77 Å². The van der Waals surface area contributed by atoms with Crippen LogP contribution in [0, 0.1) is 9.39 Å². The normalized spacial score (nSPS) is 10.1. The molecule has 0 spiro atoms. The molecule has 16 heavy (non-hydrogen) atoms. The highest BCUT2D eigenvalue weighted by atomic mass is 127. The first-order chi connectivity index (χ1) is 7.75. The molecule has 0 amide bonds. The number of ether oxygens (including phenoxy) is 1. The molecule has 1 heterocycles. The lowest BCUT2D eigenvalue weighted by Gasteiger charge is -2.07. The van der Waals surface area contributed by atoms with Crippen LogP contribution in [0.25, 0.3) is 0 Å². The summed E-state index contributed by atoms with van der Waals surface area (Å²) < 4.78 is 19.4. The third-order valence-corrected chi connectivity index (χ3v) is 2.88. The van der Waals surface area contributed by atoms with E-state index in [-0.39, 0.29) is 5.82 Å². The zero-order chi connectivity index (χ0) is 11.4. The fraction of sp³-hybridized carbons (Fsp3) is 0.0833. The Bertz CT molecular complexity index is 490. The average molecular weight is 329 g/mol. The largest absolute Gasteiger partial charge is 0.488 e. The van der Waals surface area contributed by atoms with E-state index in [1.54, 1.807) is 6.20 Å². The topological polar surface area (TPSA) is 22.1 Å². The van der Waals surface area contributed by atoms with E-state index < -0.39 is 0 Å². The molecule has 2 rings (SSSR count). The van der Waals surface area contributed by atoms with Gasteiger partial charge in [0.2, 0.25) is 0 Å². The molecule has 0 radical (unpaired) electrons. The van der Waals surface area contributed by atoms with Crippen molar-refractivity contribution in [3.8, 4) is 5.75 Å². The van der Waals surface area contributed by atoms with Gasteiger partial charge in [-0.1, -0.05) is 12.1 Å². The van der Waals surface area contributed by atoms with E-state index in [4.69, 9.17) is 4.74 Å². The van der Waals surface area contributed by atoms with E-state index in [0.29, 0.717) is 6.61 Å². The van der Waals surface area contributed by atoms with Crippen molar-refractivity contribution in [3.63, 3.8) is 0 Å². The van der Waals surface area contributed by atoms with Gasteiger partial charge in [0.15, 0.2) is 0 Å². The van der Waals surface area contributed by atoms with Gasteiger partial charge in [0.1, 0.15) is 18.2 Å². The van der Waals surface area contributed by atoms with E-state index in [0.717, 1.165) is 14.9 Å². The summed E-state index contributed by atoms with van der Waals surface area (Å²) in [5, 5.41) is 0. The van der Waals surface area contributed by atoms with Crippen LogP contribution in [0.4, 0.5) is 4.39 Å². The number of para-hydroxylation sites is 1. The third-order valence-electron chi connectivity index (χ3n) is 1.99. The lowest BCUT2D eigenvalue weighted by atomic mass is 10.3. The van der Waals surface area contributed by atoms with Crippen LogP contribution >= 0.6 is 22.6 Å². The maximum absolute atomic E-state index is 12.9. The van der Waals surface area contributed by atoms with Crippen LogP contribution in [0.1, 0.15) is 5.56 Å². The van der Waals surface area contributed by atoms with Crippen LogP contribution < -0.4 is 4.74 Å². The molecule has 2 nitrogen and oxygen atoms in total. The van der Waals surface area contributed by atoms with Crippen LogP contribution in [0.15, 0.2) is 42.7 Å². The molecular weight excluding hydrogens is 320 g/mol. The molecule has 4 heteroatoms. The van der Waals surface area contributed by atoms with Crippen molar-refractivity contribution >= 4 is 22.6 Å². The minimum atomic E-state index is -0.344. The molecule has 0 bridgehead atoms. The summed E-state index contributed by atoms with van der Waals surface area (Å²) in [6.07, 6.45) is 2.77. The number of rotatable bonds is 3. The van der Waals surface area contributed by atoms with Crippen LogP contribution in [-0.4, -0.2) is 4.98 Å². The fourth-order valence-corrected chi connectivity index (χ4v) is 1.80. The van der Waals surface area contributed by atoms with E-state index in [2.05, 4.69) is 27.6 Å². The van der Waals surface area contributed by atoms with Crippen molar-refractivity contribution in [1.82, 2.24) is 4.98 Å². The Kier molecular flexibility index (Phi) is 3.71. The molecule has 2 aromatic rings. The molecule has 0 atom stereocenters. The average Bonchev–Trinajstić information content (AvgIpc) is 2.28. The zero-order valence-electron chi connectivity index (χ0n) is 8.36. The number of hydrogen-bond donors (Lipinski definition) is 0. The fourth-order valence-electron chi connectivity index (χ4n) is 1.26. The van der Waals surface area contributed by atoms with Crippen molar-refractivity contribution in [2.75, 3.05) is 0 Å². The number of benzene rings is 1. The van der Waals surface area contributed by atoms with E-state index in [1.807, 2.05) is 24.3 Å². The molecular formula is C12H9FINO. The highest BCUT2D eigenvalue weighted by molar-refractivity contribution is 14.1. The summed E-state index contributed by atoms with van der Waals surface area (Å²) in [5.74, 6) is 0.455. The second-order valence-corrected chi connectivity index (χ2v) is 4.39. The van der Waals surface area contributed by atoms with E-state index in [1.165, 1.54) is 12.3 Å². The van der Waals surface area contributed by atoms with Crippen molar-refractivity contribution in [1.29, 1.82) is 0 Å². The highest BCUT2D eigenvalue weighted by Crippen LogP contribution is 2.20. The Morgan fingerprint density at radius 2 is 2.06 bits per heavy atom. The second kappa shape index (κ2) is 5.25. The van der Waals surface area contributed by atoms with Gasteiger partial charge in [-0.05, 0) is 40.8 Å². The van der Waals surface area contributed by atoms with Gasteiger partial charge in [0, 0.05) is 11.8 Å². The molecule has 0 aliphatic heterocycles. The number of pyridine rings is 1. The van der Waals surface area contributed by atoms with Crippen LogP contribution in [-0.2, 0) is 6.61 Å². The quantitative estimate of drug-likeness (QED) is 0.805. The predicted octanol–water partition coefficient (Wildman–Crippen LogP) is 3.40. The lowest BCUT2D eigenvalue weighted by molar-refractivity contribution is 0.303. The minimum absolute atomic E-state index is 0.324. The first-order valence-electron chi connectivity index (χ1n) is 4.72. The second-order valence-electron chi connectivity index (χ2n) is 3.23. The number of nitrogens with zero attached hydrogens (tertiary/aromatic N) is 1. The predicted molar refractivity (Wildman–Crippen MR) is 67.7 cm³/mol. The number of halogens is 2. The molecule has 1 aromatic carbocycles. The molecule has 0 saturated heterocycles. The lowest BCUT2D eigenvalue weighted by Crippen LogP contribution is -1.98. The zero-order valence-corrected chi connectivity index (χ0v) is 10.5. The Labute approximate surface area is 107 Å². The van der Waals surface area contributed by atoms with Crippen LogP contribution in [0.2, 0.25) is 0 Å². The van der Waals surface area contributed by atoms with Gasteiger partial charge in [-0.25, -0.2) is 4.39 Å². The summed E-state index contributed by atoms with van der Waals surface area (Å²) >= 11 is 2.20. The molecule has 0 aliphatic rings. The number of hydrogen-bond acceptors (Lipinski definition) is 2. The smallest absolute Gasteiger partial charge is 0.141 e. The highest BCUT2D eigenvalue weighted by Gasteiger charge is 2.01. The van der Waals surface area contributed by atoms with Crippen molar-refractivity contribution < 1.29 is 9.13 Å². The Morgan fingerprint density at radius 3 is 2.81 bits per heavy atom. The van der Waals surface area contributed by atoms with Crippen LogP contribution in [0.5, 0.6) is 5.75 Å². The number of aromatic nitrogens is 1. The van der Waals surface area contributed by atoms with Crippen molar-refractivity contribution in [2.24, 2.45) is 0 Å². The van der Waals surface area contributed by atoms with E-state index >= 15 is 0 Å². The maximum atomic E-state index is 12.9. The van der Waals surface area contributed by atoms with Gasteiger partial charge in [-0.2, -0.15) is 0 Å². The molecule has 82 valence electrons.